The third kappa shape index (κ3) is 9.07. The van der Waals surface area contributed by atoms with Crippen molar-refractivity contribution in [1.82, 2.24) is 0 Å². The van der Waals surface area contributed by atoms with Crippen molar-refractivity contribution in [2.45, 2.75) is 23.6 Å². The van der Waals surface area contributed by atoms with E-state index in [1.807, 2.05) is 13.8 Å². The molecule has 13 heteroatoms. The van der Waals surface area contributed by atoms with E-state index in [1.165, 1.54) is 24.3 Å². The summed E-state index contributed by atoms with van der Waals surface area (Å²) in [7, 11) is -7.38. The van der Waals surface area contributed by atoms with Crippen LogP contribution < -0.4 is 0 Å². The van der Waals surface area contributed by atoms with Gasteiger partial charge >= 0.3 is 0 Å². The predicted molar refractivity (Wildman–Crippen MR) is 104 cm³/mol. The van der Waals surface area contributed by atoms with Gasteiger partial charge in [-0.2, -0.15) is 0 Å². The Hall–Kier alpha value is -2.44. The van der Waals surface area contributed by atoms with E-state index in [-0.39, 0.29) is 9.79 Å². The van der Waals surface area contributed by atoms with Gasteiger partial charge in [-0.25, -0.2) is 16.8 Å². The predicted octanol–water partition coefficient (Wildman–Crippen LogP) is 1.21. The zero-order chi connectivity index (χ0) is 21.5. The first-order valence-electron chi connectivity index (χ1n) is 7.54. The molecule has 2 rings (SSSR count). The molecule has 0 N–H and O–H groups in total. The van der Waals surface area contributed by atoms with Gasteiger partial charge in [0.1, 0.15) is 10.2 Å². The number of hydrogen-bond donors (Lipinski definition) is 0. The molecule has 2 aromatic rings. The molecule has 158 valence electrons. The summed E-state index contributed by atoms with van der Waals surface area (Å²) in [5, 5.41) is -1.73. The smallest absolute Gasteiger partial charge is 0.189 e. The molecule has 0 fully saturated rings. The maximum absolute atomic E-state index is 11.4. The van der Waals surface area contributed by atoms with Crippen molar-refractivity contribution >= 4 is 41.8 Å². The molecule has 2 unspecified atom stereocenters. The van der Waals surface area contributed by atoms with Crippen LogP contribution in [-0.4, -0.2) is 44.5 Å². The molecule has 8 nitrogen and oxygen atoms in total. The Morgan fingerprint density at radius 3 is 1.10 bits per heavy atom. The summed E-state index contributed by atoms with van der Waals surface area (Å²) in [6.45, 7) is 3.64. The fourth-order valence-electron chi connectivity index (χ4n) is 1.88. The van der Waals surface area contributed by atoms with Crippen LogP contribution in [0.1, 0.15) is 11.1 Å². The zero-order valence-electron chi connectivity index (χ0n) is 15.6. The number of sulfone groups is 2. The molecule has 0 radical (unpaired) electrons. The van der Waals surface area contributed by atoms with E-state index in [4.69, 9.17) is 0 Å². The van der Waals surface area contributed by atoms with E-state index < -0.39 is 52.0 Å². The van der Waals surface area contributed by atoms with Crippen LogP contribution in [0.3, 0.4) is 0 Å². The molecular weight excluding hydrogens is 715 g/mol. The summed E-state index contributed by atoms with van der Waals surface area (Å²) in [5.41, 5.74) is 1.85. The fraction of sp³-hybridized carbons (Fsp3) is 0.250. The molecule has 0 spiro atoms. The molecule has 2 aromatic carbocycles. The second-order valence-electron chi connectivity index (χ2n) is 5.70. The topological polar surface area (TPSA) is 149 Å². The second kappa shape index (κ2) is 10.9. The van der Waals surface area contributed by atoms with Crippen LogP contribution in [-0.2, 0) is 41.8 Å². The van der Waals surface area contributed by atoms with Crippen LogP contribution in [0, 0.1) is 13.8 Å². The summed E-state index contributed by atoms with van der Waals surface area (Å²) in [6, 6.07) is 12.1. The monoisotopic (exact) mass is 733 g/mol. The van der Waals surface area contributed by atoms with Crippen molar-refractivity contribution in [3.05, 3.63) is 59.7 Å². The minimum Gasteiger partial charge on any atom is -0.772 e. The molecular formula is C16H18O8RfS4-2. The molecule has 0 aliphatic heterocycles. The average Bonchev–Trinajstić information content (AvgIpc) is 2.54. The van der Waals surface area contributed by atoms with Gasteiger partial charge in [-0.05, 0) is 60.3 Å². The van der Waals surface area contributed by atoms with Gasteiger partial charge < -0.3 is 9.11 Å². The van der Waals surface area contributed by atoms with Crippen LogP contribution in [0.5, 0.6) is 0 Å². The average molecular weight is 734 g/mol. The summed E-state index contributed by atoms with van der Waals surface area (Å²) in [4.78, 5) is 0.0691. The van der Waals surface area contributed by atoms with E-state index in [0.29, 0.717) is 0 Å². The Bertz CT molecular complexity index is 960. The summed E-state index contributed by atoms with van der Waals surface area (Å²) >= 11 is -5.16. The van der Waals surface area contributed by atoms with Crippen LogP contribution in [0.15, 0.2) is 58.3 Å². The SMILES string of the molecule is Cc1ccc(S(=O)(=O)CS(=O)[O-])cc1.Cc1ccc(S(=O)(=O)CS(=O)[O-])cc1.[Rf]. The molecule has 0 saturated heterocycles. The van der Waals surface area contributed by atoms with Gasteiger partial charge in [0.2, 0.25) is 0 Å². The maximum Gasteiger partial charge on any atom is 0.189 e. The molecule has 0 aliphatic rings. The largest absolute Gasteiger partial charge is 0.772 e. The number of benzene rings is 2. The first-order chi connectivity index (χ1) is 12.8. The van der Waals surface area contributed by atoms with Gasteiger partial charge in [0.15, 0.2) is 19.7 Å². The molecule has 0 saturated carbocycles. The fourth-order valence-corrected chi connectivity index (χ4v) is 6.10. The van der Waals surface area contributed by atoms with E-state index in [2.05, 4.69) is 0 Å². The van der Waals surface area contributed by atoms with Gasteiger partial charge in [-0.15, -0.1) is 0 Å². The molecule has 29 heavy (non-hydrogen) atoms. The minimum absolute atomic E-state index is 0. The first kappa shape index (κ1) is 26.6. The standard InChI is InChI=1S/2C8H10O4S2.Rf/c2*1-7-2-4-8(5-3-7)14(11,12)6-13(9)10;/h2*2-5H,6H2,1H3,(H,9,10);/p-2. The van der Waals surface area contributed by atoms with Crippen LogP contribution >= 0.6 is 0 Å². The Kier molecular flexibility index (Phi) is 10.0. The van der Waals surface area contributed by atoms with Gasteiger partial charge in [0.25, 0.3) is 0 Å². The van der Waals surface area contributed by atoms with E-state index >= 15 is 0 Å². The molecule has 0 aromatic heterocycles. The van der Waals surface area contributed by atoms with Crippen molar-refractivity contribution in [1.29, 1.82) is 0 Å². The molecule has 0 bridgehead atoms. The Labute approximate surface area is 169 Å². The number of aryl methyl sites for hydroxylation is 2. The van der Waals surface area contributed by atoms with Gasteiger partial charge in [-0.3, -0.25) is 8.42 Å². The first-order valence-corrected chi connectivity index (χ1v) is 13.3. The van der Waals surface area contributed by atoms with Crippen LogP contribution in [0.25, 0.3) is 0 Å². The summed E-state index contributed by atoms with van der Waals surface area (Å²) in [5.74, 6) is 0. The third-order valence-electron chi connectivity index (χ3n) is 3.26. The number of hydrogen-bond acceptors (Lipinski definition) is 8. The van der Waals surface area contributed by atoms with Crippen molar-refractivity contribution in [3.8, 4) is 0 Å². The van der Waals surface area contributed by atoms with Crippen LogP contribution in [0.2, 0.25) is 0 Å². The molecule has 0 heterocycles. The van der Waals surface area contributed by atoms with E-state index in [0.717, 1.165) is 11.1 Å². The maximum atomic E-state index is 11.4. The molecule has 2 atom stereocenters. The van der Waals surface area contributed by atoms with E-state index in [1.54, 1.807) is 24.3 Å². The quantitative estimate of drug-likeness (QED) is 0.403. The Morgan fingerprint density at radius 2 is 0.897 bits per heavy atom. The second-order valence-corrected chi connectivity index (χ2v) is 12.2. The Balaban J connectivity index is 0.000000523. The van der Waals surface area contributed by atoms with Crippen molar-refractivity contribution in [3.63, 3.8) is 0 Å². The number of rotatable bonds is 6. The van der Waals surface area contributed by atoms with Gasteiger partial charge in [0, 0.05) is 0 Å². The van der Waals surface area contributed by atoms with Crippen molar-refractivity contribution in [2.75, 3.05) is 10.2 Å². The third-order valence-corrected chi connectivity index (χ3v) is 9.27. The zero-order valence-corrected chi connectivity index (χ0v) is 25.3. The van der Waals surface area contributed by atoms with E-state index in [9.17, 15) is 34.4 Å². The summed E-state index contributed by atoms with van der Waals surface area (Å²) < 4.78 is 86.5. The molecule has 0 aliphatic carbocycles. The van der Waals surface area contributed by atoms with Gasteiger partial charge in [0.05, 0.1) is 9.79 Å². The Morgan fingerprint density at radius 1 is 0.655 bits per heavy atom. The van der Waals surface area contributed by atoms with Crippen molar-refractivity contribution in [2.24, 2.45) is 0 Å². The summed E-state index contributed by atoms with van der Waals surface area (Å²) in [6.07, 6.45) is 0. The van der Waals surface area contributed by atoms with Crippen molar-refractivity contribution < 1.29 is 34.4 Å². The van der Waals surface area contributed by atoms with Crippen LogP contribution in [0.4, 0.5) is 0 Å². The van der Waals surface area contributed by atoms with Gasteiger partial charge in [-0.1, -0.05) is 35.4 Å². The molecule has 0 amide bonds. The minimum atomic E-state index is -3.69. The normalized spacial score (nSPS) is 13.4.